The van der Waals surface area contributed by atoms with E-state index in [4.69, 9.17) is 4.99 Å². The van der Waals surface area contributed by atoms with Gasteiger partial charge in [-0.15, -0.1) is 24.0 Å². The summed E-state index contributed by atoms with van der Waals surface area (Å²) in [5.41, 5.74) is 0. The lowest BCUT2D eigenvalue weighted by atomic mass is 9.92. The Labute approximate surface area is 209 Å². The first-order valence-corrected chi connectivity index (χ1v) is 12.8. The van der Waals surface area contributed by atoms with E-state index in [0.717, 1.165) is 51.8 Å². The van der Waals surface area contributed by atoms with Gasteiger partial charge in [0.2, 0.25) is 5.91 Å². The highest BCUT2D eigenvalue weighted by Gasteiger charge is 2.28. The summed E-state index contributed by atoms with van der Waals surface area (Å²) in [7, 11) is -0.887. The third-order valence-electron chi connectivity index (χ3n) is 5.81. The van der Waals surface area contributed by atoms with Crippen molar-refractivity contribution in [1.29, 1.82) is 0 Å². The Morgan fingerprint density at radius 3 is 2.16 bits per heavy atom. The lowest BCUT2D eigenvalue weighted by Gasteiger charge is -2.39. The molecule has 0 saturated carbocycles. The zero-order valence-electron chi connectivity index (χ0n) is 20.4. The number of amides is 1. The normalized spacial score (nSPS) is 24.5. The van der Waals surface area contributed by atoms with Crippen molar-refractivity contribution >= 4 is 46.6 Å². The van der Waals surface area contributed by atoms with Gasteiger partial charge in [0, 0.05) is 67.1 Å². The number of hydrogen-bond donors (Lipinski definition) is 1. The van der Waals surface area contributed by atoms with Crippen LogP contribution in [-0.4, -0.2) is 100 Å². The Hall–Kier alpha value is -0.420. The molecule has 0 bridgehead atoms. The summed E-state index contributed by atoms with van der Waals surface area (Å²) in [6, 6.07) is 0. The van der Waals surface area contributed by atoms with Crippen LogP contribution in [0.2, 0.25) is 0 Å². The summed E-state index contributed by atoms with van der Waals surface area (Å²) in [6.07, 6.45) is 1.22. The van der Waals surface area contributed by atoms with Crippen molar-refractivity contribution in [2.24, 2.45) is 16.8 Å². The van der Waals surface area contributed by atoms with E-state index in [1.807, 2.05) is 20.8 Å². The molecule has 0 aromatic rings. The Morgan fingerprint density at radius 2 is 1.65 bits per heavy atom. The van der Waals surface area contributed by atoms with Gasteiger partial charge in [-0.25, -0.2) is 0 Å². The van der Waals surface area contributed by atoms with Gasteiger partial charge >= 0.3 is 0 Å². The van der Waals surface area contributed by atoms with Gasteiger partial charge in [-0.05, 0) is 46.0 Å². The average Bonchev–Trinajstić information content (AvgIpc) is 2.66. The minimum Gasteiger partial charge on any atom is -0.357 e. The Kier molecular flexibility index (Phi) is 12.3. The van der Waals surface area contributed by atoms with E-state index in [1.54, 1.807) is 0 Å². The van der Waals surface area contributed by atoms with E-state index < -0.39 is 10.8 Å². The van der Waals surface area contributed by atoms with Gasteiger partial charge in [-0.3, -0.25) is 18.9 Å². The van der Waals surface area contributed by atoms with Crippen molar-refractivity contribution in [1.82, 2.24) is 20.0 Å². The first-order chi connectivity index (χ1) is 14.1. The molecule has 0 aromatic heterocycles. The van der Waals surface area contributed by atoms with Gasteiger partial charge in [-0.1, -0.05) is 13.8 Å². The number of nitrogens with zero attached hydrogens (tertiary/aromatic N) is 4. The molecule has 1 N–H and O–H groups in total. The van der Waals surface area contributed by atoms with E-state index >= 15 is 0 Å². The number of carbonyl (C=O) groups is 1. The van der Waals surface area contributed by atoms with Crippen LogP contribution in [0.25, 0.3) is 0 Å². The molecule has 2 fully saturated rings. The van der Waals surface area contributed by atoms with E-state index in [0.29, 0.717) is 30.7 Å². The molecule has 1 amide bonds. The van der Waals surface area contributed by atoms with Crippen molar-refractivity contribution in [2.45, 2.75) is 52.7 Å². The van der Waals surface area contributed by atoms with Crippen molar-refractivity contribution < 1.29 is 9.00 Å². The number of piperazine rings is 1. The zero-order valence-corrected chi connectivity index (χ0v) is 23.5. The molecule has 31 heavy (non-hydrogen) atoms. The minimum atomic E-state index is -0.887. The maximum atomic E-state index is 12.8. The predicted octanol–water partition coefficient (Wildman–Crippen LogP) is 2.24. The molecule has 3 atom stereocenters. The third-order valence-corrected chi connectivity index (χ3v) is 7.73. The second-order valence-electron chi connectivity index (χ2n) is 9.91. The number of likely N-dealkylation sites (tertiary alicyclic amines) is 1. The van der Waals surface area contributed by atoms with Crippen LogP contribution in [0.5, 0.6) is 0 Å². The molecule has 0 spiro atoms. The molecule has 0 radical (unpaired) electrons. The fraction of sp³-hybridized carbons (Fsp3) is 0.909. The minimum absolute atomic E-state index is 0. The Bertz CT molecular complexity index is 608. The van der Waals surface area contributed by atoms with Gasteiger partial charge in [-0.2, -0.15) is 0 Å². The fourth-order valence-corrected chi connectivity index (χ4v) is 5.11. The number of nitrogens with one attached hydrogen (secondary N) is 1. The summed E-state index contributed by atoms with van der Waals surface area (Å²) in [6.45, 7) is 19.7. The van der Waals surface area contributed by atoms with Crippen LogP contribution in [0.15, 0.2) is 4.99 Å². The number of hydrogen-bond acceptors (Lipinski definition) is 4. The molecule has 2 aliphatic heterocycles. The van der Waals surface area contributed by atoms with E-state index in [2.05, 4.69) is 40.8 Å². The summed E-state index contributed by atoms with van der Waals surface area (Å²) in [4.78, 5) is 24.1. The molecule has 9 heteroatoms. The summed E-state index contributed by atoms with van der Waals surface area (Å²) in [5, 5.41) is 3.37. The first kappa shape index (κ1) is 28.6. The van der Waals surface area contributed by atoms with Crippen LogP contribution in [0, 0.1) is 11.8 Å². The predicted molar refractivity (Wildman–Crippen MR) is 142 cm³/mol. The van der Waals surface area contributed by atoms with Gasteiger partial charge in [0.05, 0.1) is 13.1 Å². The van der Waals surface area contributed by atoms with Crippen molar-refractivity contribution in [2.75, 3.05) is 64.7 Å². The third kappa shape index (κ3) is 9.53. The van der Waals surface area contributed by atoms with Gasteiger partial charge in [0.25, 0.3) is 0 Å². The second-order valence-corrected chi connectivity index (χ2v) is 12.2. The molecular weight excluding hydrogens is 525 g/mol. The molecule has 7 nitrogen and oxygen atoms in total. The summed E-state index contributed by atoms with van der Waals surface area (Å²) < 4.78 is 12.1. The SMILES string of the molecule is CCNC(=NCCS(=O)C(C)(C)C)N1CCN(CC(=O)N2CC(C)CC(C)C2)CC1.I. The van der Waals surface area contributed by atoms with Crippen molar-refractivity contribution in [3.8, 4) is 0 Å². The first-order valence-electron chi connectivity index (χ1n) is 11.5. The second kappa shape index (κ2) is 13.3. The monoisotopic (exact) mass is 569 g/mol. The van der Waals surface area contributed by atoms with Crippen molar-refractivity contribution in [3.05, 3.63) is 0 Å². The number of halogens is 1. The Balaban J connectivity index is 0.00000480. The smallest absolute Gasteiger partial charge is 0.236 e. The molecule has 3 unspecified atom stereocenters. The van der Waals surface area contributed by atoms with Crippen molar-refractivity contribution in [3.63, 3.8) is 0 Å². The quantitative estimate of drug-likeness (QED) is 0.302. The standard InChI is InChI=1S/C22H43N5O2S.HI/c1-7-23-21(24-8-13-30(29)22(4,5)6)26-11-9-25(10-12-26)17-20(28)27-15-18(2)14-19(3)16-27;/h18-19H,7-17H2,1-6H3,(H,23,24);1H. The number of rotatable bonds is 6. The van der Waals surface area contributed by atoms with E-state index in [-0.39, 0.29) is 34.6 Å². The zero-order chi connectivity index (χ0) is 22.3. The fourth-order valence-electron chi connectivity index (χ4n) is 4.24. The van der Waals surface area contributed by atoms with Crippen LogP contribution in [0.3, 0.4) is 0 Å². The molecule has 2 saturated heterocycles. The average molecular weight is 570 g/mol. The van der Waals surface area contributed by atoms with Gasteiger partial charge in [0.15, 0.2) is 5.96 Å². The molecule has 2 heterocycles. The van der Waals surface area contributed by atoms with E-state index in [9.17, 15) is 9.00 Å². The maximum absolute atomic E-state index is 12.8. The highest BCUT2D eigenvalue weighted by atomic mass is 127. The van der Waals surface area contributed by atoms with Crippen LogP contribution in [0.1, 0.15) is 48.0 Å². The largest absolute Gasteiger partial charge is 0.357 e. The molecule has 0 aromatic carbocycles. The van der Waals surface area contributed by atoms with Crippen LogP contribution >= 0.6 is 24.0 Å². The lowest BCUT2D eigenvalue weighted by Crippen LogP contribution is -2.55. The Morgan fingerprint density at radius 1 is 1.06 bits per heavy atom. The van der Waals surface area contributed by atoms with Crippen LogP contribution < -0.4 is 5.32 Å². The number of carbonyl (C=O) groups excluding carboxylic acids is 1. The molecule has 182 valence electrons. The van der Waals surface area contributed by atoms with Crippen LogP contribution in [-0.2, 0) is 15.6 Å². The topological polar surface area (TPSA) is 68.2 Å². The van der Waals surface area contributed by atoms with Gasteiger partial charge in [0.1, 0.15) is 0 Å². The van der Waals surface area contributed by atoms with E-state index in [1.165, 1.54) is 6.42 Å². The summed E-state index contributed by atoms with van der Waals surface area (Å²) in [5.74, 6) is 2.95. The number of guanidine groups is 1. The molecule has 2 aliphatic rings. The molecule has 2 rings (SSSR count). The highest BCUT2D eigenvalue weighted by molar-refractivity contribution is 14.0. The highest BCUT2D eigenvalue weighted by Crippen LogP contribution is 2.21. The number of aliphatic imine (C=N–C) groups is 1. The number of piperidine rings is 1. The molecular formula is C22H44IN5O2S. The van der Waals surface area contributed by atoms with Crippen LogP contribution in [0.4, 0.5) is 0 Å². The maximum Gasteiger partial charge on any atom is 0.236 e. The summed E-state index contributed by atoms with van der Waals surface area (Å²) >= 11 is 0. The molecule has 0 aliphatic carbocycles. The van der Waals surface area contributed by atoms with Gasteiger partial charge < -0.3 is 15.1 Å². The lowest BCUT2D eigenvalue weighted by molar-refractivity contribution is -0.135.